The van der Waals surface area contributed by atoms with Crippen molar-refractivity contribution in [3.8, 4) is 0 Å². The number of nitrogens with one attached hydrogen (secondary N) is 1. The van der Waals surface area contributed by atoms with Gasteiger partial charge < -0.3 is 14.5 Å². The van der Waals surface area contributed by atoms with Crippen molar-refractivity contribution in [2.24, 2.45) is 0 Å². The summed E-state index contributed by atoms with van der Waals surface area (Å²) in [6.45, 7) is 4.81. The van der Waals surface area contributed by atoms with Crippen molar-refractivity contribution in [3.05, 3.63) is 56.3 Å². The lowest BCUT2D eigenvalue weighted by molar-refractivity contribution is -0.141. The van der Waals surface area contributed by atoms with Gasteiger partial charge >= 0.3 is 11.9 Å². The maximum Gasteiger partial charge on any atom is 0.340 e. The first kappa shape index (κ1) is 21.0. The van der Waals surface area contributed by atoms with Crippen LogP contribution in [0.15, 0.2) is 18.2 Å². The highest BCUT2D eigenvalue weighted by Gasteiger charge is 2.23. The zero-order valence-electron chi connectivity index (χ0n) is 15.2. The molecule has 0 atom stereocenters. The van der Waals surface area contributed by atoms with Crippen LogP contribution in [0.25, 0.3) is 0 Å². The molecule has 0 fully saturated rings. The predicted octanol–water partition coefficient (Wildman–Crippen LogP) is 4.08. The molecule has 2 aromatic rings. The first-order chi connectivity index (χ1) is 12.7. The van der Waals surface area contributed by atoms with Gasteiger partial charge in [0.25, 0.3) is 0 Å². The van der Waals surface area contributed by atoms with Crippen molar-refractivity contribution in [2.45, 2.75) is 27.2 Å². The lowest BCUT2D eigenvalue weighted by atomic mass is 10.1. The maximum atomic E-state index is 12.4. The number of esters is 2. The Morgan fingerprint density at radius 3 is 2.41 bits per heavy atom. The van der Waals surface area contributed by atoms with Gasteiger partial charge in [-0.25, -0.2) is 4.79 Å². The number of rotatable bonds is 7. The van der Waals surface area contributed by atoms with Crippen LogP contribution < -0.4 is 0 Å². The number of benzene rings is 1. The second-order valence-electron chi connectivity index (χ2n) is 5.85. The molecule has 144 valence electrons. The molecule has 1 aromatic heterocycles. The first-order valence-corrected chi connectivity index (χ1v) is 8.99. The first-order valence-electron chi connectivity index (χ1n) is 8.23. The van der Waals surface area contributed by atoms with E-state index in [0.29, 0.717) is 32.4 Å². The van der Waals surface area contributed by atoms with Gasteiger partial charge in [0.05, 0.1) is 34.3 Å². The van der Waals surface area contributed by atoms with E-state index in [4.69, 9.17) is 32.7 Å². The highest BCUT2D eigenvalue weighted by molar-refractivity contribution is 6.42. The number of ketones is 1. The molecule has 27 heavy (non-hydrogen) atoms. The number of hydrogen-bond donors (Lipinski definition) is 1. The Morgan fingerprint density at radius 2 is 1.78 bits per heavy atom. The van der Waals surface area contributed by atoms with Gasteiger partial charge in [0.1, 0.15) is 0 Å². The highest BCUT2D eigenvalue weighted by atomic mass is 35.5. The number of Topliss-reactive ketones (excluding diaryl/α,β-unsaturated/α-hetero) is 1. The molecule has 0 bridgehead atoms. The molecule has 0 aliphatic rings. The van der Waals surface area contributed by atoms with Crippen molar-refractivity contribution in [3.63, 3.8) is 0 Å². The molecule has 0 radical (unpaired) electrons. The van der Waals surface area contributed by atoms with Gasteiger partial charge in [-0.1, -0.05) is 29.3 Å². The topological polar surface area (TPSA) is 85.5 Å². The monoisotopic (exact) mass is 411 g/mol. The normalized spacial score (nSPS) is 10.6. The smallest absolute Gasteiger partial charge is 0.340 e. The lowest BCUT2D eigenvalue weighted by Crippen LogP contribution is -2.17. The number of carbonyl (C=O) groups excluding carboxylic acids is 3. The van der Waals surface area contributed by atoms with Crippen LogP contribution in [0.5, 0.6) is 0 Å². The quantitative estimate of drug-likeness (QED) is 0.547. The van der Waals surface area contributed by atoms with E-state index in [2.05, 4.69) is 4.98 Å². The van der Waals surface area contributed by atoms with E-state index >= 15 is 0 Å². The third-order valence-electron chi connectivity index (χ3n) is 3.89. The number of hydrogen-bond acceptors (Lipinski definition) is 5. The number of aromatic amines is 1. The maximum absolute atomic E-state index is 12.4. The molecule has 1 heterocycles. The Labute approximate surface area is 166 Å². The average Bonchev–Trinajstić information content (AvgIpc) is 2.91. The number of H-pyrrole nitrogens is 1. The van der Waals surface area contributed by atoms with Gasteiger partial charge in [0.2, 0.25) is 5.78 Å². The molecule has 0 amide bonds. The third-order valence-corrected chi connectivity index (χ3v) is 4.63. The van der Waals surface area contributed by atoms with Crippen LogP contribution in [0.4, 0.5) is 0 Å². The minimum Gasteiger partial charge on any atom is -0.462 e. The highest BCUT2D eigenvalue weighted by Crippen LogP contribution is 2.23. The summed E-state index contributed by atoms with van der Waals surface area (Å²) in [6, 6.07) is 4.80. The molecular weight excluding hydrogens is 393 g/mol. The van der Waals surface area contributed by atoms with Crippen molar-refractivity contribution in [1.82, 2.24) is 4.98 Å². The molecule has 8 heteroatoms. The van der Waals surface area contributed by atoms with Crippen LogP contribution in [0.3, 0.4) is 0 Å². The Bertz CT molecular complexity index is 888. The van der Waals surface area contributed by atoms with E-state index in [0.717, 1.165) is 0 Å². The summed E-state index contributed by atoms with van der Waals surface area (Å²) in [5.41, 5.74) is 2.16. The Hall–Kier alpha value is -2.31. The SMILES string of the molecule is CCOC(=O)c1c(C)[nH]c(C(=O)COC(=O)Cc2ccc(Cl)c(Cl)c2)c1C. The molecule has 1 N–H and O–H groups in total. The molecule has 6 nitrogen and oxygen atoms in total. The molecule has 0 saturated carbocycles. The number of ether oxygens (including phenoxy) is 2. The second-order valence-corrected chi connectivity index (χ2v) is 6.67. The van der Waals surface area contributed by atoms with Gasteiger partial charge in [0, 0.05) is 5.69 Å². The fourth-order valence-corrected chi connectivity index (χ4v) is 2.94. The number of halogens is 2. The van der Waals surface area contributed by atoms with Crippen molar-refractivity contribution < 1.29 is 23.9 Å². The van der Waals surface area contributed by atoms with Crippen LogP contribution in [-0.4, -0.2) is 35.9 Å². The zero-order chi connectivity index (χ0) is 20.1. The van der Waals surface area contributed by atoms with E-state index < -0.39 is 24.3 Å². The van der Waals surface area contributed by atoms with Crippen LogP contribution in [0.1, 0.15) is 44.6 Å². The summed E-state index contributed by atoms with van der Waals surface area (Å²) in [5.74, 6) is -1.51. The molecular formula is C19H19Cl2NO5. The fourth-order valence-electron chi connectivity index (χ4n) is 2.62. The summed E-state index contributed by atoms with van der Waals surface area (Å²) in [6.07, 6.45) is -0.0407. The molecule has 0 aliphatic heterocycles. The Morgan fingerprint density at radius 1 is 1.07 bits per heavy atom. The van der Waals surface area contributed by atoms with E-state index in [1.165, 1.54) is 0 Å². The van der Waals surface area contributed by atoms with Crippen molar-refractivity contribution in [2.75, 3.05) is 13.2 Å². The van der Waals surface area contributed by atoms with Gasteiger partial charge in [-0.3, -0.25) is 9.59 Å². The average molecular weight is 412 g/mol. The molecule has 0 spiro atoms. The molecule has 0 unspecified atom stereocenters. The van der Waals surface area contributed by atoms with Gasteiger partial charge in [-0.15, -0.1) is 0 Å². The molecule has 0 aliphatic carbocycles. The van der Waals surface area contributed by atoms with E-state index in [-0.39, 0.29) is 18.7 Å². The molecule has 0 saturated heterocycles. The summed E-state index contributed by atoms with van der Waals surface area (Å²) >= 11 is 11.7. The summed E-state index contributed by atoms with van der Waals surface area (Å²) in [4.78, 5) is 39.2. The molecule has 1 aromatic carbocycles. The summed E-state index contributed by atoms with van der Waals surface area (Å²) in [5, 5.41) is 0.723. The zero-order valence-corrected chi connectivity index (χ0v) is 16.7. The number of aromatic nitrogens is 1. The number of aryl methyl sites for hydroxylation is 1. The lowest BCUT2D eigenvalue weighted by Gasteiger charge is -2.06. The Kier molecular flexibility index (Phi) is 7.05. The minimum atomic E-state index is -0.576. The standard InChI is InChI=1S/C19H19Cl2NO5/c1-4-26-19(25)17-10(2)18(22-11(17)3)15(23)9-27-16(24)8-12-5-6-13(20)14(21)7-12/h5-7,22H,4,8-9H2,1-3H3. The predicted molar refractivity (Wildman–Crippen MR) is 102 cm³/mol. The van der Waals surface area contributed by atoms with Gasteiger partial charge in [0.15, 0.2) is 6.61 Å². The minimum absolute atomic E-state index is 0.0407. The summed E-state index contributed by atoms with van der Waals surface area (Å²) < 4.78 is 10.0. The van der Waals surface area contributed by atoms with Crippen LogP contribution in [-0.2, 0) is 20.7 Å². The van der Waals surface area contributed by atoms with E-state index in [1.54, 1.807) is 39.0 Å². The van der Waals surface area contributed by atoms with Gasteiger partial charge in [-0.05, 0) is 44.0 Å². The van der Waals surface area contributed by atoms with Crippen LogP contribution >= 0.6 is 23.2 Å². The largest absolute Gasteiger partial charge is 0.462 e. The van der Waals surface area contributed by atoms with E-state index in [9.17, 15) is 14.4 Å². The Balaban J connectivity index is 2.01. The van der Waals surface area contributed by atoms with Crippen molar-refractivity contribution >= 4 is 40.9 Å². The van der Waals surface area contributed by atoms with Crippen LogP contribution in [0, 0.1) is 13.8 Å². The summed E-state index contributed by atoms with van der Waals surface area (Å²) in [7, 11) is 0. The second kappa shape index (κ2) is 9.06. The van der Waals surface area contributed by atoms with E-state index in [1.807, 2.05) is 0 Å². The fraction of sp³-hybridized carbons (Fsp3) is 0.316. The number of carbonyl (C=O) groups is 3. The van der Waals surface area contributed by atoms with Crippen molar-refractivity contribution in [1.29, 1.82) is 0 Å². The van der Waals surface area contributed by atoms with Crippen LogP contribution in [0.2, 0.25) is 10.0 Å². The third kappa shape index (κ3) is 5.11. The van der Waals surface area contributed by atoms with Gasteiger partial charge in [-0.2, -0.15) is 0 Å². The molecule has 2 rings (SSSR count).